The molecule has 9 heteroatoms. The van der Waals surface area contributed by atoms with Crippen molar-refractivity contribution in [3.05, 3.63) is 66.6 Å². The van der Waals surface area contributed by atoms with Crippen molar-refractivity contribution in [2.24, 2.45) is 5.10 Å². The van der Waals surface area contributed by atoms with E-state index < -0.39 is 10.8 Å². The molecule has 2 rings (SSSR count). The maximum atomic E-state index is 11.9. The molecule has 2 aromatic rings. The van der Waals surface area contributed by atoms with E-state index >= 15 is 0 Å². The number of rotatable bonds is 6. The molecule has 7 nitrogen and oxygen atoms in total. The van der Waals surface area contributed by atoms with Gasteiger partial charge >= 0.3 is 0 Å². The zero-order chi connectivity index (χ0) is 19.3. The van der Waals surface area contributed by atoms with E-state index in [4.69, 9.17) is 4.74 Å². The van der Waals surface area contributed by atoms with Gasteiger partial charge in [0.15, 0.2) is 6.61 Å². The highest BCUT2D eigenvalue weighted by Gasteiger charge is 2.11. The number of carbonyl (C=O) groups is 1. The molecule has 0 aliphatic carbocycles. The van der Waals surface area contributed by atoms with E-state index in [2.05, 4.69) is 42.4 Å². The molecule has 0 fully saturated rings. The van der Waals surface area contributed by atoms with E-state index in [9.17, 15) is 14.9 Å². The largest absolute Gasteiger partial charge is 0.481 e. The summed E-state index contributed by atoms with van der Waals surface area (Å²) in [5.74, 6) is 0.0688. The molecule has 0 radical (unpaired) electrons. The van der Waals surface area contributed by atoms with Gasteiger partial charge in [0.25, 0.3) is 11.6 Å². The Morgan fingerprint density at radius 3 is 2.54 bits per heavy atom. The van der Waals surface area contributed by atoms with Gasteiger partial charge in [0, 0.05) is 17.7 Å². The third kappa shape index (κ3) is 5.37. The molecule has 0 bridgehead atoms. The molecule has 0 saturated heterocycles. The number of nitrogens with zero attached hydrogens (tertiary/aromatic N) is 2. The van der Waals surface area contributed by atoms with Crippen molar-refractivity contribution in [3.8, 4) is 5.75 Å². The number of carbonyl (C=O) groups excluding carboxylic acids is 1. The first-order valence-corrected chi connectivity index (χ1v) is 9.03. The Morgan fingerprint density at radius 2 is 1.92 bits per heavy atom. The SMILES string of the molecule is C/C(=N\NC(=O)COc1c(Br)cc(C)cc1Br)c1cccc([N+](=O)[O-])c1. The van der Waals surface area contributed by atoms with Crippen LogP contribution >= 0.6 is 31.9 Å². The molecule has 1 N–H and O–H groups in total. The van der Waals surface area contributed by atoms with E-state index in [1.165, 1.54) is 12.1 Å². The highest BCUT2D eigenvalue weighted by Crippen LogP contribution is 2.34. The number of nitro groups is 1. The van der Waals surface area contributed by atoms with Crippen LogP contribution in [-0.4, -0.2) is 23.1 Å². The minimum atomic E-state index is -0.486. The molecule has 0 spiro atoms. The fraction of sp³-hybridized carbons (Fsp3) is 0.176. The smallest absolute Gasteiger partial charge is 0.277 e. The second kappa shape index (κ2) is 8.91. The molecule has 0 aromatic heterocycles. The number of aryl methyl sites for hydroxylation is 1. The summed E-state index contributed by atoms with van der Waals surface area (Å²) >= 11 is 6.78. The fourth-order valence-corrected chi connectivity index (χ4v) is 3.69. The van der Waals surface area contributed by atoms with Gasteiger partial charge in [-0.1, -0.05) is 12.1 Å². The molecule has 1 amide bonds. The molecule has 0 atom stereocenters. The van der Waals surface area contributed by atoms with Gasteiger partial charge in [-0.3, -0.25) is 14.9 Å². The minimum absolute atomic E-state index is 0.0409. The van der Waals surface area contributed by atoms with Crippen LogP contribution < -0.4 is 10.2 Å². The number of hydrogen-bond acceptors (Lipinski definition) is 5. The Labute approximate surface area is 166 Å². The molecule has 26 heavy (non-hydrogen) atoms. The summed E-state index contributed by atoms with van der Waals surface area (Å²) in [6.07, 6.45) is 0. The summed E-state index contributed by atoms with van der Waals surface area (Å²) in [6.45, 7) is 3.36. The minimum Gasteiger partial charge on any atom is -0.481 e. The lowest BCUT2D eigenvalue weighted by atomic mass is 10.1. The van der Waals surface area contributed by atoms with E-state index in [0.717, 1.165) is 14.5 Å². The van der Waals surface area contributed by atoms with Gasteiger partial charge in [-0.25, -0.2) is 5.43 Å². The number of nitrogens with one attached hydrogen (secondary N) is 1. The monoisotopic (exact) mass is 483 g/mol. The van der Waals surface area contributed by atoms with Crippen molar-refractivity contribution in [1.82, 2.24) is 5.43 Å². The van der Waals surface area contributed by atoms with Gasteiger partial charge in [0.05, 0.1) is 19.6 Å². The summed E-state index contributed by atoms with van der Waals surface area (Å²) < 4.78 is 6.97. The first-order valence-electron chi connectivity index (χ1n) is 7.44. The summed E-state index contributed by atoms with van der Waals surface area (Å²) in [5.41, 5.74) is 4.36. The standard InChI is InChI=1S/C17H15Br2N3O4/c1-10-6-14(18)17(15(19)7-10)26-9-16(23)21-20-11(2)12-4-3-5-13(8-12)22(24)25/h3-8H,9H2,1-2H3,(H,21,23)/b20-11+. The van der Waals surface area contributed by atoms with Gasteiger partial charge in [0.2, 0.25) is 0 Å². The number of hydrogen-bond donors (Lipinski definition) is 1. The quantitative estimate of drug-likeness (QED) is 0.374. The summed E-state index contributed by atoms with van der Waals surface area (Å²) in [6, 6.07) is 9.77. The fourth-order valence-electron chi connectivity index (χ4n) is 2.05. The first-order chi connectivity index (χ1) is 12.3. The average molecular weight is 485 g/mol. The molecule has 0 aliphatic rings. The summed E-state index contributed by atoms with van der Waals surface area (Å²) in [7, 11) is 0. The van der Waals surface area contributed by atoms with Crippen LogP contribution in [0, 0.1) is 17.0 Å². The molecule has 2 aromatic carbocycles. The zero-order valence-electron chi connectivity index (χ0n) is 14.0. The van der Waals surface area contributed by atoms with Gasteiger partial charge in [-0.2, -0.15) is 5.10 Å². The predicted molar refractivity (Wildman–Crippen MR) is 106 cm³/mol. The van der Waals surface area contributed by atoms with Crippen molar-refractivity contribution in [2.45, 2.75) is 13.8 Å². The topological polar surface area (TPSA) is 93.8 Å². The molecule has 0 aliphatic heterocycles. The number of non-ortho nitro benzene ring substituents is 1. The highest BCUT2D eigenvalue weighted by atomic mass is 79.9. The van der Waals surface area contributed by atoms with Crippen LogP contribution in [0.2, 0.25) is 0 Å². The number of nitro benzene ring substituents is 1. The molecule has 0 saturated carbocycles. The second-order valence-electron chi connectivity index (χ2n) is 5.39. The Balaban J connectivity index is 1.99. The molecule has 136 valence electrons. The van der Waals surface area contributed by atoms with Gasteiger partial charge in [-0.05, 0) is 63.4 Å². The normalized spacial score (nSPS) is 11.2. The van der Waals surface area contributed by atoms with Gasteiger partial charge < -0.3 is 4.74 Å². The first kappa shape index (κ1) is 20.1. The van der Waals surface area contributed by atoms with Crippen LogP contribution in [0.25, 0.3) is 0 Å². The number of halogens is 2. The van der Waals surface area contributed by atoms with Crippen LogP contribution in [0.4, 0.5) is 5.69 Å². The summed E-state index contributed by atoms with van der Waals surface area (Å²) in [4.78, 5) is 22.3. The number of amides is 1. The van der Waals surface area contributed by atoms with Crippen molar-refractivity contribution in [3.63, 3.8) is 0 Å². The van der Waals surface area contributed by atoms with Gasteiger partial charge in [-0.15, -0.1) is 0 Å². The Kier molecular flexibility index (Phi) is 6.87. The average Bonchev–Trinajstić information content (AvgIpc) is 2.58. The van der Waals surface area contributed by atoms with Crippen molar-refractivity contribution in [1.29, 1.82) is 0 Å². The molecular formula is C17H15Br2N3O4. The van der Waals surface area contributed by atoms with E-state index in [0.29, 0.717) is 17.0 Å². The van der Waals surface area contributed by atoms with Crippen LogP contribution in [-0.2, 0) is 4.79 Å². The molecular weight excluding hydrogens is 470 g/mol. The van der Waals surface area contributed by atoms with Crippen molar-refractivity contribution >= 4 is 49.2 Å². The van der Waals surface area contributed by atoms with Crippen LogP contribution in [0.1, 0.15) is 18.1 Å². The number of ether oxygens (including phenoxy) is 1. The van der Waals surface area contributed by atoms with E-state index in [1.54, 1.807) is 19.1 Å². The Morgan fingerprint density at radius 1 is 1.27 bits per heavy atom. The Bertz CT molecular complexity index is 861. The lowest BCUT2D eigenvalue weighted by molar-refractivity contribution is -0.384. The van der Waals surface area contributed by atoms with Gasteiger partial charge in [0.1, 0.15) is 5.75 Å². The third-order valence-corrected chi connectivity index (χ3v) is 4.49. The summed E-state index contributed by atoms with van der Waals surface area (Å²) in [5, 5.41) is 14.8. The molecule has 0 heterocycles. The van der Waals surface area contributed by atoms with Crippen molar-refractivity contribution < 1.29 is 14.5 Å². The number of hydrazone groups is 1. The number of benzene rings is 2. The van der Waals surface area contributed by atoms with E-state index in [-0.39, 0.29) is 12.3 Å². The lowest BCUT2D eigenvalue weighted by Crippen LogP contribution is -2.25. The maximum absolute atomic E-state index is 11.9. The van der Waals surface area contributed by atoms with Crippen LogP contribution in [0.3, 0.4) is 0 Å². The van der Waals surface area contributed by atoms with Crippen LogP contribution in [0.15, 0.2) is 50.4 Å². The van der Waals surface area contributed by atoms with Crippen molar-refractivity contribution in [2.75, 3.05) is 6.61 Å². The maximum Gasteiger partial charge on any atom is 0.277 e. The predicted octanol–water partition coefficient (Wildman–Crippen LogP) is 4.35. The lowest BCUT2D eigenvalue weighted by Gasteiger charge is -2.10. The van der Waals surface area contributed by atoms with E-state index in [1.807, 2.05) is 19.1 Å². The second-order valence-corrected chi connectivity index (χ2v) is 7.09. The molecule has 0 unspecified atom stereocenters. The third-order valence-electron chi connectivity index (χ3n) is 3.31. The van der Waals surface area contributed by atoms with Crippen LogP contribution in [0.5, 0.6) is 5.75 Å². The zero-order valence-corrected chi connectivity index (χ0v) is 17.1. The Hall–Kier alpha value is -2.26. The highest BCUT2D eigenvalue weighted by molar-refractivity contribution is 9.11.